The molecule has 2 atom stereocenters. The van der Waals surface area contributed by atoms with Gasteiger partial charge in [-0.25, -0.2) is 8.42 Å². The van der Waals surface area contributed by atoms with Gasteiger partial charge in [-0.2, -0.15) is 0 Å². The second-order valence-electron chi connectivity index (χ2n) is 5.59. The molecule has 1 N–H and O–H groups in total. The number of hydrogen-bond acceptors (Lipinski definition) is 3. The lowest BCUT2D eigenvalue weighted by molar-refractivity contribution is 0.208. The van der Waals surface area contributed by atoms with E-state index in [0.29, 0.717) is 12.8 Å². The molecule has 0 radical (unpaired) electrons. The van der Waals surface area contributed by atoms with Crippen LogP contribution in [-0.4, -0.2) is 18.5 Å². The first kappa shape index (κ1) is 14.3. The highest BCUT2D eigenvalue weighted by atomic mass is 32.2. The molecule has 0 unspecified atom stereocenters. The van der Waals surface area contributed by atoms with Crippen molar-refractivity contribution in [1.29, 1.82) is 0 Å². The fraction of sp³-hybridized carbons (Fsp3) is 0.294. The molecule has 3 rings (SSSR count). The van der Waals surface area contributed by atoms with E-state index in [1.807, 2.05) is 30.3 Å². The van der Waals surface area contributed by atoms with E-state index in [1.165, 1.54) is 5.56 Å². The van der Waals surface area contributed by atoms with Gasteiger partial charge in [-0.1, -0.05) is 48.5 Å². The molecule has 3 nitrogen and oxygen atoms in total. The molecule has 0 bridgehead atoms. The van der Waals surface area contributed by atoms with Crippen LogP contribution in [0.5, 0.6) is 0 Å². The number of benzene rings is 2. The smallest absolute Gasteiger partial charge is 0.208 e. The zero-order chi connectivity index (χ0) is 14.9. The van der Waals surface area contributed by atoms with Crippen molar-refractivity contribution < 1.29 is 13.5 Å². The molecule has 4 heteroatoms. The summed E-state index contributed by atoms with van der Waals surface area (Å²) in [5, 5.41) is 10.5. The van der Waals surface area contributed by atoms with E-state index in [1.54, 1.807) is 30.3 Å². The maximum atomic E-state index is 12.5. The predicted octanol–water partition coefficient (Wildman–Crippen LogP) is 2.80. The minimum Gasteiger partial charge on any atom is -0.374 e. The fourth-order valence-electron chi connectivity index (χ4n) is 2.74. The van der Waals surface area contributed by atoms with E-state index in [0.717, 1.165) is 6.42 Å². The van der Waals surface area contributed by atoms with E-state index in [2.05, 4.69) is 0 Å². The van der Waals surface area contributed by atoms with Gasteiger partial charge in [0.25, 0.3) is 0 Å². The fourth-order valence-corrected chi connectivity index (χ4v) is 4.64. The minimum atomic E-state index is -3.66. The number of aryl methyl sites for hydroxylation is 1. The Labute approximate surface area is 125 Å². The van der Waals surface area contributed by atoms with Crippen molar-refractivity contribution in [2.45, 2.75) is 29.1 Å². The summed E-state index contributed by atoms with van der Waals surface area (Å²) in [7, 11) is -3.66. The van der Waals surface area contributed by atoms with Gasteiger partial charge in [-0.3, -0.25) is 0 Å². The molecule has 0 amide bonds. The highest BCUT2D eigenvalue weighted by molar-refractivity contribution is 7.93. The Morgan fingerprint density at radius 3 is 2.19 bits per heavy atom. The third-order valence-corrected chi connectivity index (χ3v) is 6.48. The minimum absolute atomic E-state index is 0.178. The lowest BCUT2D eigenvalue weighted by Gasteiger charge is -2.12. The third-order valence-electron chi connectivity index (χ3n) is 4.16. The Balaban J connectivity index is 1.70. The monoisotopic (exact) mass is 302 g/mol. The zero-order valence-corrected chi connectivity index (χ0v) is 12.5. The summed E-state index contributed by atoms with van der Waals surface area (Å²) >= 11 is 0. The van der Waals surface area contributed by atoms with Crippen molar-refractivity contribution >= 4 is 9.84 Å². The molecule has 2 aromatic carbocycles. The van der Waals surface area contributed by atoms with Gasteiger partial charge in [0, 0.05) is 5.92 Å². The maximum absolute atomic E-state index is 12.5. The summed E-state index contributed by atoms with van der Waals surface area (Å²) < 4.78 is 25.0. The van der Waals surface area contributed by atoms with Gasteiger partial charge in [0.1, 0.15) is 0 Å². The average molecular weight is 302 g/mol. The Morgan fingerprint density at radius 1 is 1.00 bits per heavy atom. The molecule has 0 aromatic heterocycles. The van der Waals surface area contributed by atoms with Gasteiger partial charge >= 0.3 is 0 Å². The third kappa shape index (κ3) is 2.61. The number of sulfone groups is 1. The molecule has 0 spiro atoms. The van der Waals surface area contributed by atoms with Crippen LogP contribution in [0.15, 0.2) is 65.6 Å². The molecule has 0 heterocycles. The number of hydrogen-bond donors (Lipinski definition) is 1. The van der Waals surface area contributed by atoms with Gasteiger partial charge in [0.05, 0.1) is 4.90 Å². The first-order chi connectivity index (χ1) is 10.0. The van der Waals surface area contributed by atoms with Gasteiger partial charge in [-0.05, 0) is 37.0 Å². The first-order valence-electron chi connectivity index (χ1n) is 7.10. The normalized spacial score (nSPS) is 24.7. The number of rotatable bonds is 5. The summed E-state index contributed by atoms with van der Waals surface area (Å²) in [6, 6.07) is 18.1. The molecule has 110 valence electrons. The molecule has 1 aliphatic carbocycles. The van der Waals surface area contributed by atoms with Crippen LogP contribution in [0, 0.1) is 5.92 Å². The zero-order valence-electron chi connectivity index (χ0n) is 11.6. The highest BCUT2D eigenvalue weighted by Crippen LogP contribution is 2.52. The van der Waals surface area contributed by atoms with E-state index in [9.17, 15) is 13.5 Å². The second-order valence-corrected chi connectivity index (χ2v) is 7.77. The van der Waals surface area contributed by atoms with Crippen LogP contribution < -0.4 is 0 Å². The SMILES string of the molecule is O=S(=O)(c1ccccc1)[C@@]1(O)C[C@@H]1CCc1ccccc1. The topological polar surface area (TPSA) is 54.4 Å². The van der Waals surface area contributed by atoms with E-state index in [-0.39, 0.29) is 10.8 Å². The van der Waals surface area contributed by atoms with Crippen LogP contribution in [0.2, 0.25) is 0 Å². The predicted molar refractivity (Wildman–Crippen MR) is 81.4 cm³/mol. The molecule has 1 fully saturated rings. The molecular formula is C17H18O3S. The summed E-state index contributed by atoms with van der Waals surface area (Å²) in [6.45, 7) is 0. The Kier molecular flexibility index (Phi) is 3.59. The van der Waals surface area contributed by atoms with Crippen molar-refractivity contribution in [1.82, 2.24) is 0 Å². The van der Waals surface area contributed by atoms with Crippen LogP contribution in [-0.2, 0) is 16.3 Å². The lowest BCUT2D eigenvalue weighted by Crippen LogP contribution is -2.25. The van der Waals surface area contributed by atoms with Crippen molar-refractivity contribution in [3.8, 4) is 0 Å². The van der Waals surface area contributed by atoms with Crippen LogP contribution in [0.25, 0.3) is 0 Å². The Morgan fingerprint density at radius 2 is 1.57 bits per heavy atom. The Hall–Kier alpha value is -1.65. The largest absolute Gasteiger partial charge is 0.374 e. The standard InChI is InChI=1S/C17H18O3S/c18-17(21(19,20)16-9-5-2-6-10-16)13-15(17)12-11-14-7-3-1-4-8-14/h1-10,15,18H,11-13H2/t15-,17-/m0/s1. The quantitative estimate of drug-likeness (QED) is 0.924. The first-order valence-corrected chi connectivity index (χ1v) is 8.58. The maximum Gasteiger partial charge on any atom is 0.208 e. The second kappa shape index (κ2) is 5.28. The summed E-state index contributed by atoms with van der Waals surface area (Å²) in [5.74, 6) is -0.178. The van der Waals surface area contributed by atoms with Crippen LogP contribution in [0.3, 0.4) is 0 Å². The van der Waals surface area contributed by atoms with Crippen LogP contribution >= 0.6 is 0 Å². The summed E-state index contributed by atoms with van der Waals surface area (Å²) in [6.07, 6.45) is 1.81. The van der Waals surface area contributed by atoms with Gasteiger partial charge in [0.15, 0.2) is 4.93 Å². The molecule has 1 aliphatic rings. The van der Waals surface area contributed by atoms with E-state index >= 15 is 0 Å². The molecule has 1 saturated carbocycles. The molecule has 21 heavy (non-hydrogen) atoms. The van der Waals surface area contributed by atoms with Crippen molar-refractivity contribution in [2.75, 3.05) is 0 Å². The van der Waals surface area contributed by atoms with Crippen LogP contribution in [0.1, 0.15) is 18.4 Å². The summed E-state index contributed by atoms with van der Waals surface area (Å²) in [4.78, 5) is -1.38. The Bertz CT molecular complexity index is 710. The van der Waals surface area contributed by atoms with E-state index in [4.69, 9.17) is 0 Å². The molecule has 0 saturated heterocycles. The van der Waals surface area contributed by atoms with Crippen molar-refractivity contribution in [2.24, 2.45) is 5.92 Å². The van der Waals surface area contributed by atoms with Crippen molar-refractivity contribution in [3.63, 3.8) is 0 Å². The molecule has 0 aliphatic heterocycles. The average Bonchev–Trinajstić information content (AvgIpc) is 3.20. The van der Waals surface area contributed by atoms with Crippen LogP contribution in [0.4, 0.5) is 0 Å². The molecular weight excluding hydrogens is 284 g/mol. The van der Waals surface area contributed by atoms with Gasteiger partial charge in [0.2, 0.25) is 9.84 Å². The highest BCUT2D eigenvalue weighted by Gasteiger charge is 2.62. The molecule has 2 aromatic rings. The van der Waals surface area contributed by atoms with E-state index < -0.39 is 14.8 Å². The lowest BCUT2D eigenvalue weighted by atomic mass is 10.1. The van der Waals surface area contributed by atoms with Crippen molar-refractivity contribution in [3.05, 3.63) is 66.2 Å². The number of aliphatic hydroxyl groups is 1. The summed E-state index contributed by atoms with van der Waals surface area (Å²) in [5.41, 5.74) is 1.17. The van der Waals surface area contributed by atoms with Gasteiger partial charge < -0.3 is 5.11 Å². The van der Waals surface area contributed by atoms with Gasteiger partial charge in [-0.15, -0.1) is 0 Å².